The van der Waals surface area contributed by atoms with Gasteiger partial charge in [-0.25, -0.2) is 0 Å². The Morgan fingerprint density at radius 2 is 1.71 bits per heavy atom. The summed E-state index contributed by atoms with van der Waals surface area (Å²) in [5.41, 5.74) is 1.84. The fourth-order valence-electron chi connectivity index (χ4n) is 1.53. The molecule has 0 aliphatic rings. The van der Waals surface area contributed by atoms with Gasteiger partial charge < -0.3 is 10.4 Å². The van der Waals surface area contributed by atoms with Crippen LogP contribution in [0.2, 0.25) is 10.0 Å². The number of phenolic OH excluding ortho intramolecular Hbond substituents is 1. The fraction of sp³-hybridized carbons (Fsp3) is 0.0769. The second-order valence-electron chi connectivity index (χ2n) is 3.68. The van der Waals surface area contributed by atoms with E-state index in [1.807, 2.05) is 6.07 Å². The highest BCUT2D eigenvalue weighted by Gasteiger charge is 1.99. The molecule has 0 unspecified atom stereocenters. The van der Waals surface area contributed by atoms with E-state index in [2.05, 4.69) is 5.32 Å². The SMILES string of the molecule is Oc1cccc(CNc2cc(Cl)cc(Cl)c2)c1. The predicted octanol–water partition coefficient (Wildman–Crippen LogP) is 4.31. The number of rotatable bonds is 3. The van der Waals surface area contributed by atoms with Crippen LogP contribution >= 0.6 is 23.2 Å². The van der Waals surface area contributed by atoms with Crippen LogP contribution in [0.5, 0.6) is 5.75 Å². The molecule has 2 aromatic carbocycles. The van der Waals surface area contributed by atoms with Gasteiger partial charge in [-0.2, -0.15) is 0 Å². The Morgan fingerprint density at radius 1 is 1.00 bits per heavy atom. The number of aromatic hydroxyl groups is 1. The molecule has 0 spiro atoms. The minimum Gasteiger partial charge on any atom is -0.508 e. The van der Waals surface area contributed by atoms with Crippen LogP contribution in [0.4, 0.5) is 5.69 Å². The monoisotopic (exact) mass is 267 g/mol. The number of anilines is 1. The highest BCUT2D eigenvalue weighted by molar-refractivity contribution is 6.35. The molecule has 0 aromatic heterocycles. The van der Waals surface area contributed by atoms with Crippen LogP contribution in [0.1, 0.15) is 5.56 Å². The topological polar surface area (TPSA) is 32.3 Å². The molecule has 2 N–H and O–H groups in total. The van der Waals surface area contributed by atoms with Gasteiger partial charge in [0.05, 0.1) is 0 Å². The highest BCUT2D eigenvalue weighted by Crippen LogP contribution is 2.23. The maximum absolute atomic E-state index is 9.33. The van der Waals surface area contributed by atoms with E-state index in [1.54, 1.807) is 36.4 Å². The number of nitrogens with one attached hydrogen (secondary N) is 1. The molecule has 0 amide bonds. The van der Waals surface area contributed by atoms with E-state index in [0.717, 1.165) is 11.3 Å². The molecule has 0 radical (unpaired) electrons. The molecule has 0 saturated heterocycles. The van der Waals surface area contributed by atoms with Crippen LogP contribution < -0.4 is 5.32 Å². The average molecular weight is 268 g/mol. The normalized spacial score (nSPS) is 10.2. The Morgan fingerprint density at radius 3 is 2.35 bits per heavy atom. The van der Waals surface area contributed by atoms with Crippen LogP contribution in [0.15, 0.2) is 42.5 Å². The summed E-state index contributed by atoms with van der Waals surface area (Å²) in [6, 6.07) is 12.4. The van der Waals surface area contributed by atoms with Crippen molar-refractivity contribution in [3.8, 4) is 5.75 Å². The van der Waals surface area contributed by atoms with E-state index in [1.165, 1.54) is 0 Å². The quantitative estimate of drug-likeness (QED) is 0.869. The first kappa shape index (κ1) is 12.1. The standard InChI is InChI=1S/C13H11Cl2NO/c14-10-5-11(15)7-12(6-10)16-8-9-2-1-3-13(17)4-9/h1-7,16-17H,8H2. The van der Waals surface area contributed by atoms with Crippen molar-refractivity contribution in [2.75, 3.05) is 5.32 Å². The Bertz CT molecular complexity index is 508. The summed E-state index contributed by atoms with van der Waals surface area (Å²) in [6.45, 7) is 0.602. The van der Waals surface area contributed by atoms with Crippen molar-refractivity contribution < 1.29 is 5.11 Å². The van der Waals surface area contributed by atoms with E-state index in [9.17, 15) is 5.11 Å². The molecule has 0 bridgehead atoms. The summed E-state index contributed by atoms with van der Waals surface area (Å²) in [5.74, 6) is 0.258. The van der Waals surface area contributed by atoms with E-state index in [-0.39, 0.29) is 5.75 Å². The fourth-order valence-corrected chi connectivity index (χ4v) is 2.05. The van der Waals surface area contributed by atoms with Gasteiger partial charge in [0, 0.05) is 22.3 Å². The van der Waals surface area contributed by atoms with Crippen LogP contribution in [-0.4, -0.2) is 5.11 Å². The zero-order valence-corrected chi connectivity index (χ0v) is 10.5. The molecule has 2 aromatic rings. The van der Waals surface area contributed by atoms with Crippen LogP contribution in [0.3, 0.4) is 0 Å². The molecule has 0 aliphatic carbocycles. The lowest BCUT2D eigenvalue weighted by Crippen LogP contribution is -1.98. The molecule has 0 fully saturated rings. The molecule has 2 nitrogen and oxygen atoms in total. The molecular weight excluding hydrogens is 257 g/mol. The lowest BCUT2D eigenvalue weighted by atomic mass is 10.2. The van der Waals surface area contributed by atoms with Crippen molar-refractivity contribution in [3.63, 3.8) is 0 Å². The summed E-state index contributed by atoms with van der Waals surface area (Å²) >= 11 is 11.8. The Hall–Kier alpha value is -1.38. The Labute approximate surface area is 110 Å². The molecule has 17 heavy (non-hydrogen) atoms. The van der Waals surface area contributed by atoms with Gasteiger partial charge in [0.1, 0.15) is 5.75 Å². The smallest absolute Gasteiger partial charge is 0.115 e. The van der Waals surface area contributed by atoms with E-state index in [0.29, 0.717) is 16.6 Å². The second-order valence-corrected chi connectivity index (χ2v) is 4.55. The van der Waals surface area contributed by atoms with Gasteiger partial charge in [-0.1, -0.05) is 35.3 Å². The lowest BCUT2D eigenvalue weighted by Gasteiger charge is -2.07. The summed E-state index contributed by atoms with van der Waals surface area (Å²) in [6.07, 6.45) is 0. The van der Waals surface area contributed by atoms with Gasteiger partial charge in [-0.3, -0.25) is 0 Å². The molecule has 0 heterocycles. The van der Waals surface area contributed by atoms with Crippen molar-refractivity contribution in [3.05, 3.63) is 58.1 Å². The molecule has 0 atom stereocenters. The Kier molecular flexibility index (Phi) is 3.77. The van der Waals surface area contributed by atoms with Crippen molar-refractivity contribution in [1.82, 2.24) is 0 Å². The zero-order chi connectivity index (χ0) is 12.3. The first-order chi connectivity index (χ1) is 8.13. The van der Waals surface area contributed by atoms with Crippen molar-refractivity contribution >= 4 is 28.9 Å². The lowest BCUT2D eigenvalue weighted by molar-refractivity contribution is 0.474. The first-order valence-corrected chi connectivity index (χ1v) is 5.87. The summed E-state index contributed by atoms with van der Waals surface area (Å²) in [7, 11) is 0. The average Bonchev–Trinajstić information content (AvgIpc) is 2.25. The number of phenols is 1. The largest absolute Gasteiger partial charge is 0.508 e. The van der Waals surface area contributed by atoms with E-state index in [4.69, 9.17) is 23.2 Å². The van der Waals surface area contributed by atoms with Gasteiger partial charge in [-0.15, -0.1) is 0 Å². The maximum Gasteiger partial charge on any atom is 0.115 e. The van der Waals surface area contributed by atoms with Crippen LogP contribution in [-0.2, 0) is 6.54 Å². The van der Waals surface area contributed by atoms with E-state index >= 15 is 0 Å². The third kappa shape index (κ3) is 3.55. The van der Waals surface area contributed by atoms with Gasteiger partial charge in [0.25, 0.3) is 0 Å². The van der Waals surface area contributed by atoms with Gasteiger partial charge >= 0.3 is 0 Å². The third-order valence-corrected chi connectivity index (χ3v) is 2.71. The first-order valence-electron chi connectivity index (χ1n) is 5.11. The Balaban J connectivity index is 2.07. The molecule has 88 valence electrons. The second kappa shape index (κ2) is 5.30. The minimum absolute atomic E-state index is 0.258. The molecular formula is C13H11Cl2NO. The maximum atomic E-state index is 9.33. The number of hydrogen-bond donors (Lipinski definition) is 2. The third-order valence-electron chi connectivity index (χ3n) is 2.27. The molecule has 0 aliphatic heterocycles. The number of hydrogen-bond acceptors (Lipinski definition) is 2. The van der Waals surface area contributed by atoms with Crippen LogP contribution in [0.25, 0.3) is 0 Å². The number of halogens is 2. The van der Waals surface area contributed by atoms with Gasteiger partial charge in [0.2, 0.25) is 0 Å². The molecule has 2 rings (SSSR count). The molecule has 0 saturated carbocycles. The highest BCUT2D eigenvalue weighted by atomic mass is 35.5. The van der Waals surface area contributed by atoms with Gasteiger partial charge in [-0.05, 0) is 35.9 Å². The van der Waals surface area contributed by atoms with E-state index < -0.39 is 0 Å². The summed E-state index contributed by atoms with van der Waals surface area (Å²) in [4.78, 5) is 0. The van der Waals surface area contributed by atoms with Gasteiger partial charge in [0.15, 0.2) is 0 Å². The molecule has 4 heteroatoms. The van der Waals surface area contributed by atoms with Crippen molar-refractivity contribution in [1.29, 1.82) is 0 Å². The van der Waals surface area contributed by atoms with Crippen molar-refractivity contribution in [2.24, 2.45) is 0 Å². The zero-order valence-electron chi connectivity index (χ0n) is 8.95. The summed E-state index contributed by atoms with van der Waals surface area (Å²) in [5, 5.41) is 13.7. The van der Waals surface area contributed by atoms with Crippen LogP contribution in [0, 0.1) is 0 Å². The predicted molar refractivity (Wildman–Crippen MR) is 71.9 cm³/mol. The van der Waals surface area contributed by atoms with Crippen molar-refractivity contribution in [2.45, 2.75) is 6.54 Å². The summed E-state index contributed by atoms with van der Waals surface area (Å²) < 4.78 is 0. The minimum atomic E-state index is 0.258. The number of benzene rings is 2.